The predicted molar refractivity (Wildman–Crippen MR) is 88.5 cm³/mol. The maximum atomic E-state index is 5.44. The molecule has 2 rings (SSSR count). The van der Waals surface area contributed by atoms with Gasteiger partial charge in [-0.25, -0.2) is 0 Å². The minimum Gasteiger partial charge on any atom is -0.467 e. The number of furan rings is 1. The Balaban J connectivity index is 2.09. The van der Waals surface area contributed by atoms with Crippen molar-refractivity contribution < 1.29 is 4.42 Å². The minimum absolute atomic E-state index is 0.666. The van der Waals surface area contributed by atoms with Crippen molar-refractivity contribution in [1.29, 1.82) is 0 Å². The zero-order valence-electron chi connectivity index (χ0n) is 13.5. The van der Waals surface area contributed by atoms with Crippen LogP contribution < -0.4 is 10.2 Å². The molecule has 0 spiro atoms. The first-order valence-electron chi connectivity index (χ1n) is 7.60. The lowest BCUT2D eigenvalue weighted by Crippen LogP contribution is -2.22. The Labute approximate surface area is 128 Å². The van der Waals surface area contributed by atoms with Gasteiger partial charge in [-0.3, -0.25) is 0 Å². The van der Waals surface area contributed by atoms with E-state index in [2.05, 4.69) is 56.2 Å². The van der Waals surface area contributed by atoms with E-state index in [0.717, 1.165) is 25.4 Å². The molecule has 0 saturated heterocycles. The van der Waals surface area contributed by atoms with Gasteiger partial charge in [0.25, 0.3) is 0 Å². The molecule has 0 aliphatic rings. The van der Waals surface area contributed by atoms with E-state index < -0.39 is 0 Å². The topological polar surface area (TPSA) is 28.4 Å². The molecule has 114 valence electrons. The quantitative estimate of drug-likeness (QED) is 0.835. The van der Waals surface area contributed by atoms with Gasteiger partial charge in [0.1, 0.15) is 5.76 Å². The molecule has 1 heterocycles. The minimum atomic E-state index is 0.666. The number of rotatable bonds is 7. The molecule has 1 aromatic heterocycles. The molecule has 0 aliphatic carbocycles. The number of aryl methyl sites for hydroxylation is 1. The molecule has 0 amide bonds. The van der Waals surface area contributed by atoms with Crippen LogP contribution in [0.3, 0.4) is 0 Å². The van der Waals surface area contributed by atoms with Crippen molar-refractivity contribution in [2.75, 3.05) is 18.5 Å². The zero-order chi connectivity index (χ0) is 15.2. The Hall–Kier alpha value is -1.74. The van der Waals surface area contributed by atoms with Gasteiger partial charge in [-0.2, -0.15) is 0 Å². The summed E-state index contributed by atoms with van der Waals surface area (Å²) in [5.41, 5.74) is 3.89. The fourth-order valence-corrected chi connectivity index (χ4v) is 2.45. The van der Waals surface area contributed by atoms with E-state index in [4.69, 9.17) is 4.42 Å². The highest BCUT2D eigenvalue weighted by molar-refractivity contribution is 5.54. The van der Waals surface area contributed by atoms with Crippen molar-refractivity contribution in [2.45, 2.75) is 33.9 Å². The van der Waals surface area contributed by atoms with Crippen LogP contribution in [0.1, 0.15) is 30.7 Å². The van der Waals surface area contributed by atoms with E-state index in [0.29, 0.717) is 5.92 Å². The van der Waals surface area contributed by atoms with Crippen LogP contribution in [-0.2, 0) is 13.1 Å². The van der Waals surface area contributed by atoms with Crippen LogP contribution in [0.5, 0.6) is 0 Å². The summed E-state index contributed by atoms with van der Waals surface area (Å²) in [6, 6.07) is 10.6. The lowest BCUT2D eigenvalue weighted by Gasteiger charge is -2.22. The second-order valence-electron chi connectivity index (χ2n) is 6.09. The summed E-state index contributed by atoms with van der Waals surface area (Å²) in [5.74, 6) is 1.65. The van der Waals surface area contributed by atoms with Crippen LogP contribution in [0.4, 0.5) is 5.69 Å². The molecule has 3 nitrogen and oxygen atoms in total. The molecule has 1 aromatic carbocycles. The molecular formula is C18H26N2O. The highest BCUT2D eigenvalue weighted by Gasteiger charge is 2.09. The first kappa shape index (κ1) is 15.6. The second-order valence-corrected chi connectivity index (χ2v) is 6.09. The van der Waals surface area contributed by atoms with Crippen molar-refractivity contribution in [3.05, 3.63) is 53.5 Å². The summed E-state index contributed by atoms with van der Waals surface area (Å²) in [6.45, 7) is 9.32. The number of hydrogen-bond acceptors (Lipinski definition) is 3. The van der Waals surface area contributed by atoms with E-state index in [1.165, 1.54) is 16.8 Å². The molecular weight excluding hydrogens is 260 g/mol. The van der Waals surface area contributed by atoms with Gasteiger partial charge in [-0.15, -0.1) is 0 Å². The van der Waals surface area contributed by atoms with E-state index >= 15 is 0 Å². The monoisotopic (exact) mass is 286 g/mol. The molecule has 0 radical (unpaired) electrons. The van der Waals surface area contributed by atoms with Crippen molar-refractivity contribution in [3.63, 3.8) is 0 Å². The van der Waals surface area contributed by atoms with Gasteiger partial charge >= 0.3 is 0 Å². The van der Waals surface area contributed by atoms with Gasteiger partial charge in [-0.05, 0) is 43.1 Å². The molecule has 3 heteroatoms. The van der Waals surface area contributed by atoms with Gasteiger partial charge in [-0.1, -0.05) is 31.5 Å². The molecule has 0 aliphatic heterocycles. The van der Waals surface area contributed by atoms with Crippen LogP contribution in [0.15, 0.2) is 41.0 Å². The van der Waals surface area contributed by atoms with Crippen LogP contribution in [0.25, 0.3) is 0 Å². The predicted octanol–water partition coefficient (Wildman–Crippen LogP) is 3.97. The molecule has 0 fully saturated rings. The SMILES string of the molecule is Cc1ccc(N(C)Cc2ccco2)c(CNCC(C)C)c1. The van der Waals surface area contributed by atoms with Crippen molar-refractivity contribution in [1.82, 2.24) is 5.32 Å². The number of nitrogens with zero attached hydrogens (tertiary/aromatic N) is 1. The van der Waals surface area contributed by atoms with Gasteiger partial charge in [0.05, 0.1) is 12.8 Å². The third-order valence-corrected chi connectivity index (χ3v) is 3.49. The summed E-state index contributed by atoms with van der Waals surface area (Å²) < 4.78 is 5.44. The van der Waals surface area contributed by atoms with Crippen LogP contribution in [0, 0.1) is 12.8 Å². The van der Waals surface area contributed by atoms with Gasteiger partial charge < -0.3 is 14.6 Å². The normalized spacial score (nSPS) is 11.1. The standard InChI is InChI=1S/C18H26N2O/c1-14(2)11-19-12-16-10-15(3)7-8-18(16)20(4)13-17-6-5-9-21-17/h5-10,14,19H,11-13H2,1-4H3. The number of hydrogen-bond donors (Lipinski definition) is 1. The lowest BCUT2D eigenvalue weighted by molar-refractivity contribution is 0.507. The molecule has 21 heavy (non-hydrogen) atoms. The summed E-state index contributed by atoms with van der Waals surface area (Å²) in [5, 5.41) is 3.53. The summed E-state index contributed by atoms with van der Waals surface area (Å²) in [6.07, 6.45) is 1.73. The first-order valence-corrected chi connectivity index (χ1v) is 7.60. The third kappa shape index (κ3) is 4.64. The number of benzene rings is 1. The second kappa shape index (κ2) is 7.32. The van der Waals surface area contributed by atoms with E-state index in [1.807, 2.05) is 12.1 Å². The maximum Gasteiger partial charge on any atom is 0.123 e. The smallest absolute Gasteiger partial charge is 0.123 e. The van der Waals surface area contributed by atoms with E-state index in [9.17, 15) is 0 Å². The highest BCUT2D eigenvalue weighted by Crippen LogP contribution is 2.23. The van der Waals surface area contributed by atoms with Gasteiger partial charge in [0.2, 0.25) is 0 Å². The molecule has 0 atom stereocenters. The highest BCUT2D eigenvalue weighted by atomic mass is 16.3. The zero-order valence-corrected chi connectivity index (χ0v) is 13.5. The van der Waals surface area contributed by atoms with Crippen molar-refractivity contribution in [3.8, 4) is 0 Å². The lowest BCUT2D eigenvalue weighted by atomic mass is 10.1. The van der Waals surface area contributed by atoms with Crippen LogP contribution in [0.2, 0.25) is 0 Å². The number of anilines is 1. The molecule has 2 aromatic rings. The Morgan fingerprint density at radius 2 is 2.05 bits per heavy atom. The maximum absolute atomic E-state index is 5.44. The fourth-order valence-electron chi connectivity index (χ4n) is 2.45. The third-order valence-electron chi connectivity index (χ3n) is 3.49. The van der Waals surface area contributed by atoms with Crippen molar-refractivity contribution >= 4 is 5.69 Å². The summed E-state index contributed by atoms with van der Waals surface area (Å²) in [7, 11) is 2.11. The average Bonchev–Trinajstić information content (AvgIpc) is 2.91. The molecule has 0 unspecified atom stereocenters. The largest absolute Gasteiger partial charge is 0.467 e. The summed E-state index contributed by atoms with van der Waals surface area (Å²) >= 11 is 0. The average molecular weight is 286 g/mol. The Bertz CT molecular complexity index is 546. The first-order chi connectivity index (χ1) is 10.1. The van der Waals surface area contributed by atoms with Crippen LogP contribution in [-0.4, -0.2) is 13.6 Å². The summed E-state index contributed by atoms with van der Waals surface area (Å²) in [4.78, 5) is 2.24. The van der Waals surface area contributed by atoms with Gasteiger partial charge in [0.15, 0.2) is 0 Å². The van der Waals surface area contributed by atoms with E-state index in [1.54, 1.807) is 6.26 Å². The molecule has 0 saturated carbocycles. The fraction of sp³-hybridized carbons (Fsp3) is 0.444. The Kier molecular flexibility index (Phi) is 5.45. The van der Waals surface area contributed by atoms with Crippen LogP contribution >= 0.6 is 0 Å². The Morgan fingerprint density at radius 3 is 2.71 bits per heavy atom. The Morgan fingerprint density at radius 1 is 1.24 bits per heavy atom. The van der Waals surface area contributed by atoms with E-state index in [-0.39, 0.29) is 0 Å². The van der Waals surface area contributed by atoms with Crippen molar-refractivity contribution in [2.24, 2.45) is 5.92 Å². The number of nitrogens with one attached hydrogen (secondary N) is 1. The molecule has 0 bridgehead atoms. The molecule has 1 N–H and O–H groups in total. The van der Waals surface area contributed by atoms with Gasteiger partial charge in [0, 0.05) is 19.3 Å².